The van der Waals surface area contributed by atoms with Crippen molar-refractivity contribution >= 4 is 0 Å². The summed E-state index contributed by atoms with van der Waals surface area (Å²) >= 11 is 0. The van der Waals surface area contributed by atoms with E-state index in [-0.39, 0.29) is 0 Å². The van der Waals surface area contributed by atoms with E-state index in [0.29, 0.717) is 5.41 Å². The van der Waals surface area contributed by atoms with E-state index in [9.17, 15) is 0 Å². The first kappa shape index (κ1) is 17.9. The third-order valence-corrected chi connectivity index (χ3v) is 4.07. The molecule has 1 rings (SSSR count). The van der Waals surface area contributed by atoms with Crippen LogP contribution in [-0.4, -0.2) is 76.4 Å². The minimum Gasteiger partial charge on any atom is -0.381 e. The first-order valence-electron chi connectivity index (χ1n) is 8.27. The monoisotopic (exact) mass is 285 g/mol. The van der Waals surface area contributed by atoms with Gasteiger partial charge in [0.15, 0.2) is 0 Å². The Morgan fingerprint density at radius 2 is 1.90 bits per heavy atom. The Morgan fingerprint density at radius 3 is 2.45 bits per heavy atom. The van der Waals surface area contributed by atoms with E-state index in [4.69, 9.17) is 4.74 Å². The fourth-order valence-electron chi connectivity index (χ4n) is 2.90. The van der Waals surface area contributed by atoms with Crippen molar-refractivity contribution in [1.29, 1.82) is 0 Å². The molecule has 120 valence electrons. The van der Waals surface area contributed by atoms with E-state index >= 15 is 0 Å². The second-order valence-electron chi connectivity index (χ2n) is 6.56. The van der Waals surface area contributed by atoms with Crippen LogP contribution in [-0.2, 0) is 4.74 Å². The summed E-state index contributed by atoms with van der Waals surface area (Å²) in [7, 11) is 4.31. The van der Waals surface area contributed by atoms with Gasteiger partial charge in [-0.2, -0.15) is 0 Å². The average Bonchev–Trinajstić information content (AvgIpc) is 2.85. The molecule has 20 heavy (non-hydrogen) atoms. The van der Waals surface area contributed by atoms with E-state index in [2.05, 4.69) is 43.1 Å². The molecule has 4 heteroatoms. The maximum atomic E-state index is 5.72. The van der Waals surface area contributed by atoms with Gasteiger partial charge in [0.05, 0.1) is 6.61 Å². The lowest BCUT2D eigenvalue weighted by molar-refractivity contribution is 0.104. The number of hydrogen-bond acceptors (Lipinski definition) is 4. The number of rotatable bonds is 11. The van der Waals surface area contributed by atoms with Crippen molar-refractivity contribution in [3.05, 3.63) is 0 Å². The summed E-state index contributed by atoms with van der Waals surface area (Å²) in [6.07, 6.45) is 3.63. The Kier molecular flexibility index (Phi) is 8.69. The quantitative estimate of drug-likeness (QED) is 0.584. The molecule has 1 atom stereocenters. The SMILES string of the molecule is CCCNCC1(CN(CCC)CCN(C)C)CCOC1. The average molecular weight is 285 g/mol. The Hall–Kier alpha value is -0.160. The Bertz CT molecular complexity index is 240. The standard InChI is InChI=1S/C16H35N3O/c1-5-8-17-13-16(7-12-20-15-16)14-19(9-6-2)11-10-18(3)4/h17H,5-15H2,1-4H3. The highest BCUT2D eigenvalue weighted by Crippen LogP contribution is 2.29. The van der Waals surface area contributed by atoms with Crippen LogP contribution >= 0.6 is 0 Å². The fourth-order valence-corrected chi connectivity index (χ4v) is 2.90. The molecule has 1 saturated heterocycles. The van der Waals surface area contributed by atoms with E-state index in [0.717, 1.165) is 39.4 Å². The Morgan fingerprint density at radius 1 is 1.10 bits per heavy atom. The lowest BCUT2D eigenvalue weighted by Crippen LogP contribution is -2.46. The molecule has 1 aliphatic heterocycles. The number of nitrogens with one attached hydrogen (secondary N) is 1. The Balaban J connectivity index is 2.50. The van der Waals surface area contributed by atoms with Gasteiger partial charge in [0.2, 0.25) is 0 Å². The largest absolute Gasteiger partial charge is 0.381 e. The van der Waals surface area contributed by atoms with Gasteiger partial charge in [0, 0.05) is 38.2 Å². The summed E-state index contributed by atoms with van der Waals surface area (Å²) in [5.41, 5.74) is 0.330. The van der Waals surface area contributed by atoms with Gasteiger partial charge in [-0.1, -0.05) is 13.8 Å². The van der Waals surface area contributed by atoms with Crippen molar-refractivity contribution in [3.63, 3.8) is 0 Å². The molecule has 0 amide bonds. The molecule has 1 N–H and O–H groups in total. The predicted octanol–water partition coefficient (Wildman–Crippen LogP) is 1.67. The summed E-state index contributed by atoms with van der Waals surface area (Å²) in [5.74, 6) is 0. The summed E-state index contributed by atoms with van der Waals surface area (Å²) in [6.45, 7) is 13.2. The van der Waals surface area contributed by atoms with Crippen LogP contribution in [0.3, 0.4) is 0 Å². The maximum absolute atomic E-state index is 5.72. The molecule has 0 aromatic heterocycles. The van der Waals surface area contributed by atoms with Crippen LogP contribution in [0, 0.1) is 5.41 Å². The van der Waals surface area contributed by atoms with Gasteiger partial charge in [-0.05, 0) is 46.4 Å². The second kappa shape index (κ2) is 9.72. The van der Waals surface area contributed by atoms with Gasteiger partial charge in [-0.15, -0.1) is 0 Å². The predicted molar refractivity (Wildman–Crippen MR) is 86.3 cm³/mol. The summed E-state index contributed by atoms with van der Waals surface area (Å²) in [4.78, 5) is 4.90. The van der Waals surface area contributed by atoms with Gasteiger partial charge >= 0.3 is 0 Å². The molecule has 0 spiro atoms. The lowest BCUT2D eigenvalue weighted by Gasteiger charge is -2.35. The highest BCUT2D eigenvalue weighted by atomic mass is 16.5. The zero-order chi connectivity index (χ0) is 14.8. The first-order valence-corrected chi connectivity index (χ1v) is 8.27. The van der Waals surface area contributed by atoms with E-state index < -0.39 is 0 Å². The molecule has 1 heterocycles. The number of nitrogens with zero attached hydrogens (tertiary/aromatic N) is 2. The molecular weight excluding hydrogens is 250 g/mol. The van der Waals surface area contributed by atoms with Crippen molar-refractivity contribution in [1.82, 2.24) is 15.1 Å². The molecule has 4 nitrogen and oxygen atoms in total. The van der Waals surface area contributed by atoms with Crippen molar-refractivity contribution in [2.24, 2.45) is 5.41 Å². The highest BCUT2D eigenvalue weighted by Gasteiger charge is 2.36. The molecule has 0 radical (unpaired) electrons. The highest BCUT2D eigenvalue weighted by molar-refractivity contribution is 4.88. The smallest absolute Gasteiger partial charge is 0.0547 e. The van der Waals surface area contributed by atoms with Crippen LogP contribution in [0.15, 0.2) is 0 Å². The molecule has 0 bridgehead atoms. The fraction of sp³-hybridized carbons (Fsp3) is 1.00. The third-order valence-electron chi connectivity index (χ3n) is 4.07. The van der Waals surface area contributed by atoms with Gasteiger partial charge < -0.3 is 19.9 Å². The van der Waals surface area contributed by atoms with Crippen LogP contribution in [0.25, 0.3) is 0 Å². The van der Waals surface area contributed by atoms with Crippen molar-refractivity contribution in [3.8, 4) is 0 Å². The molecule has 0 aromatic carbocycles. The zero-order valence-corrected chi connectivity index (χ0v) is 14.1. The molecular formula is C16H35N3O. The normalized spacial score (nSPS) is 23.1. The van der Waals surface area contributed by atoms with Crippen LogP contribution < -0.4 is 5.32 Å². The maximum Gasteiger partial charge on any atom is 0.0547 e. The van der Waals surface area contributed by atoms with E-state index in [1.807, 2.05) is 0 Å². The third kappa shape index (κ3) is 6.53. The van der Waals surface area contributed by atoms with Crippen molar-refractivity contribution in [2.75, 3.05) is 66.6 Å². The molecule has 0 aromatic rings. The molecule has 1 aliphatic rings. The number of hydrogen-bond donors (Lipinski definition) is 1. The molecule has 1 unspecified atom stereocenters. The molecule has 0 aliphatic carbocycles. The second-order valence-corrected chi connectivity index (χ2v) is 6.56. The lowest BCUT2D eigenvalue weighted by atomic mass is 9.86. The number of likely N-dealkylation sites (N-methyl/N-ethyl adjacent to an activating group) is 1. The van der Waals surface area contributed by atoms with Gasteiger partial charge in [0.25, 0.3) is 0 Å². The van der Waals surface area contributed by atoms with E-state index in [1.165, 1.54) is 32.4 Å². The van der Waals surface area contributed by atoms with Crippen LogP contribution in [0.2, 0.25) is 0 Å². The Labute approximate surface area is 125 Å². The zero-order valence-electron chi connectivity index (χ0n) is 14.1. The molecule has 1 fully saturated rings. The summed E-state index contributed by atoms with van der Waals surface area (Å²) < 4.78 is 5.72. The first-order chi connectivity index (χ1) is 9.62. The van der Waals surface area contributed by atoms with Gasteiger partial charge in [-0.3, -0.25) is 0 Å². The minimum atomic E-state index is 0.330. The van der Waals surface area contributed by atoms with Crippen molar-refractivity contribution in [2.45, 2.75) is 33.1 Å². The van der Waals surface area contributed by atoms with Crippen LogP contribution in [0.1, 0.15) is 33.1 Å². The van der Waals surface area contributed by atoms with Gasteiger partial charge in [-0.25, -0.2) is 0 Å². The van der Waals surface area contributed by atoms with Crippen molar-refractivity contribution < 1.29 is 4.74 Å². The molecule has 0 saturated carbocycles. The minimum absolute atomic E-state index is 0.330. The number of ether oxygens (including phenoxy) is 1. The van der Waals surface area contributed by atoms with Gasteiger partial charge in [0.1, 0.15) is 0 Å². The van der Waals surface area contributed by atoms with Crippen LogP contribution in [0.4, 0.5) is 0 Å². The topological polar surface area (TPSA) is 27.7 Å². The summed E-state index contributed by atoms with van der Waals surface area (Å²) in [5, 5.41) is 3.61. The van der Waals surface area contributed by atoms with E-state index in [1.54, 1.807) is 0 Å². The van der Waals surface area contributed by atoms with Crippen LogP contribution in [0.5, 0.6) is 0 Å². The summed E-state index contributed by atoms with van der Waals surface area (Å²) in [6, 6.07) is 0.